The number of benzene rings is 2. The minimum atomic E-state index is -4.96. The van der Waals surface area contributed by atoms with Gasteiger partial charge in [0, 0.05) is 23.9 Å². The minimum Gasteiger partial charge on any atom is -0.314 e. The maximum Gasteiger partial charge on any atom is 0.454 e. The summed E-state index contributed by atoms with van der Waals surface area (Å²) in [6.45, 7) is 0. The van der Waals surface area contributed by atoms with Gasteiger partial charge in [0.05, 0.1) is 0 Å². The molecule has 126 valence electrons. The highest BCUT2D eigenvalue weighted by molar-refractivity contribution is 6.14. The Kier molecular flexibility index (Phi) is 3.01. The predicted molar refractivity (Wildman–Crippen MR) is 86.5 cm³/mol. The molecule has 1 spiro atoms. The topological polar surface area (TPSA) is 37.4 Å². The van der Waals surface area contributed by atoms with E-state index in [-0.39, 0.29) is 5.91 Å². The molecule has 1 heterocycles. The molecule has 0 fully saturated rings. The fourth-order valence-electron chi connectivity index (χ4n) is 3.67. The molecule has 1 aliphatic carbocycles. The SMILES string of the molecule is CN1C(=O)C2(C=Cc3ccccc32)c2cc(C(=O)C(F)(F)F)ccc21. The third kappa shape index (κ3) is 1.94. The number of nitrogens with zero attached hydrogens (tertiary/aromatic N) is 1. The van der Waals surface area contributed by atoms with E-state index >= 15 is 0 Å². The van der Waals surface area contributed by atoms with Crippen molar-refractivity contribution < 1.29 is 22.8 Å². The number of fused-ring (bicyclic) bond motifs is 4. The van der Waals surface area contributed by atoms with Crippen molar-refractivity contribution in [3.63, 3.8) is 0 Å². The third-order valence-corrected chi connectivity index (χ3v) is 4.84. The molecule has 0 saturated carbocycles. The molecular formula is C19H12F3NO2. The molecule has 1 unspecified atom stereocenters. The first-order chi connectivity index (χ1) is 11.8. The summed E-state index contributed by atoms with van der Waals surface area (Å²) in [4.78, 5) is 26.1. The summed E-state index contributed by atoms with van der Waals surface area (Å²) in [5.74, 6) is -2.16. The van der Waals surface area contributed by atoms with Gasteiger partial charge in [-0.3, -0.25) is 9.59 Å². The highest BCUT2D eigenvalue weighted by atomic mass is 19.4. The van der Waals surface area contributed by atoms with Crippen molar-refractivity contribution in [2.45, 2.75) is 11.6 Å². The lowest BCUT2D eigenvalue weighted by molar-refractivity contribution is -0.120. The maximum atomic E-state index is 13.0. The van der Waals surface area contributed by atoms with Crippen molar-refractivity contribution >= 4 is 23.5 Å². The van der Waals surface area contributed by atoms with E-state index in [1.165, 1.54) is 17.0 Å². The number of carbonyl (C=O) groups excluding carboxylic acids is 2. The lowest BCUT2D eigenvalue weighted by Crippen LogP contribution is -2.37. The van der Waals surface area contributed by atoms with E-state index in [0.29, 0.717) is 16.8 Å². The number of hydrogen-bond donors (Lipinski definition) is 0. The van der Waals surface area contributed by atoms with Crippen LogP contribution in [0.25, 0.3) is 6.08 Å². The van der Waals surface area contributed by atoms with Gasteiger partial charge < -0.3 is 4.90 Å². The van der Waals surface area contributed by atoms with Gasteiger partial charge in [-0.1, -0.05) is 36.4 Å². The van der Waals surface area contributed by atoms with E-state index in [9.17, 15) is 22.8 Å². The van der Waals surface area contributed by atoms with Gasteiger partial charge in [-0.2, -0.15) is 13.2 Å². The number of carbonyl (C=O) groups is 2. The molecule has 4 rings (SSSR count). The summed E-state index contributed by atoms with van der Waals surface area (Å²) >= 11 is 0. The molecule has 2 aromatic carbocycles. The maximum absolute atomic E-state index is 13.0. The van der Waals surface area contributed by atoms with E-state index in [1.807, 2.05) is 12.1 Å². The fraction of sp³-hybridized carbons (Fsp3) is 0.158. The van der Waals surface area contributed by atoms with Crippen LogP contribution < -0.4 is 4.90 Å². The molecule has 1 amide bonds. The molecule has 2 aromatic rings. The van der Waals surface area contributed by atoms with Gasteiger partial charge >= 0.3 is 6.18 Å². The smallest absolute Gasteiger partial charge is 0.314 e. The van der Waals surface area contributed by atoms with Gasteiger partial charge in [0.1, 0.15) is 5.41 Å². The summed E-state index contributed by atoms with van der Waals surface area (Å²) in [6.07, 6.45) is -1.47. The second-order valence-corrected chi connectivity index (χ2v) is 6.15. The average Bonchev–Trinajstić information content (AvgIpc) is 3.07. The van der Waals surface area contributed by atoms with Crippen LogP contribution in [-0.4, -0.2) is 24.9 Å². The van der Waals surface area contributed by atoms with Crippen LogP contribution in [0.1, 0.15) is 27.0 Å². The number of anilines is 1. The zero-order valence-corrected chi connectivity index (χ0v) is 13.1. The van der Waals surface area contributed by atoms with Crippen LogP contribution in [0.2, 0.25) is 0 Å². The normalized spacial score (nSPS) is 21.0. The van der Waals surface area contributed by atoms with E-state index in [0.717, 1.165) is 11.6 Å². The van der Waals surface area contributed by atoms with Crippen LogP contribution in [0, 0.1) is 0 Å². The average molecular weight is 343 g/mol. The van der Waals surface area contributed by atoms with Crippen LogP contribution in [-0.2, 0) is 10.2 Å². The van der Waals surface area contributed by atoms with Crippen LogP contribution in [0.4, 0.5) is 18.9 Å². The monoisotopic (exact) mass is 343 g/mol. The van der Waals surface area contributed by atoms with Crippen molar-refractivity contribution in [1.82, 2.24) is 0 Å². The number of Topliss-reactive ketones (excluding diaryl/α,β-unsaturated/α-hetero) is 1. The molecule has 0 bridgehead atoms. The molecule has 0 aromatic heterocycles. The van der Waals surface area contributed by atoms with E-state index in [1.54, 1.807) is 31.3 Å². The summed E-state index contributed by atoms with van der Waals surface area (Å²) < 4.78 is 38.4. The number of rotatable bonds is 1. The molecule has 1 atom stereocenters. The van der Waals surface area contributed by atoms with Gasteiger partial charge in [-0.15, -0.1) is 0 Å². The second kappa shape index (κ2) is 4.81. The zero-order valence-electron chi connectivity index (χ0n) is 13.1. The first kappa shape index (κ1) is 15.6. The van der Waals surface area contributed by atoms with E-state index in [2.05, 4.69) is 0 Å². The quantitative estimate of drug-likeness (QED) is 0.740. The fourth-order valence-corrected chi connectivity index (χ4v) is 3.67. The zero-order chi connectivity index (χ0) is 18.0. The van der Waals surface area contributed by atoms with Gasteiger partial charge in [0.15, 0.2) is 0 Å². The summed E-state index contributed by atoms with van der Waals surface area (Å²) in [5.41, 5.74) is 0.808. The van der Waals surface area contributed by atoms with Gasteiger partial charge in [0.2, 0.25) is 5.91 Å². The molecule has 0 radical (unpaired) electrons. The number of ketones is 1. The van der Waals surface area contributed by atoms with Crippen molar-refractivity contribution in [2.24, 2.45) is 0 Å². The molecule has 25 heavy (non-hydrogen) atoms. The second-order valence-electron chi connectivity index (χ2n) is 6.15. The van der Waals surface area contributed by atoms with Crippen molar-refractivity contribution in [1.29, 1.82) is 0 Å². The third-order valence-electron chi connectivity index (χ3n) is 4.84. The lowest BCUT2D eigenvalue weighted by Gasteiger charge is -2.23. The Balaban J connectivity index is 1.97. The highest BCUT2D eigenvalue weighted by Gasteiger charge is 2.52. The molecular weight excluding hydrogens is 331 g/mol. The summed E-state index contributed by atoms with van der Waals surface area (Å²) in [7, 11) is 1.58. The van der Waals surface area contributed by atoms with Gasteiger partial charge in [0.25, 0.3) is 5.78 Å². The van der Waals surface area contributed by atoms with E-state index in [4.69, 9.17) is 0 Å². The number of amides is 1. The first-order valence-corrected chi connectivity index (χ1v) is 7.60. The Labute approximate surface area is 141 Å². The Bertz CT molecular complexity index is 961. The summed E-state index contributed by atoms with van der Waals surface area (Å²) in [6, 6.07) is 10.9. The van der Waals surface area contributed by atoms with Gasteiger partial charge in [-0.05, 0) is 29.3 Å². The standard InChI is InChI=1S/C19H12F3NO2/c1-23-15-7-6-12(16(24)19(20,21)22)10-14(15)18(17(23)25)9-8-11-4-2-3-5-13(11)18/h2-10H,1H3. The van der Waals surface area contributed by atoms with Crippen LogP contribution >= 0.6 is 0 Å². The Hall–Kier alpha value is -2.89. The summed E-state index contributed by atoms with van der Waals surface area (Å²) in [5, 5.41) is 0. The molecule has 0 saturated heterocycles. The first-order valence-electron chi connectivity index (χ1n) is 7.60. The Morgan fingerprint density at radius 1 is 1.08 bits per heavy atom. The largest absolute Gasteiger partial charge is 0.454 e. The Morgan fingerprint density at radius 2 is 1.80 bits per heavy atom. The molecule has 1 aliphatic heterocycles. The van der Waals surface area contributed by atoms with Crippen LogP contribution in [0.15, 0.2) is 48.5 Å². The number of likely N-dealkylation sites (N-methyl/N-ethyl adjacent to an activating group) is 1. The van der Waals surface area contributed by atoms with Gasteiger partial charge in [-0.25, -0.2) is 0 Å². The Morgan fingerprint density at radius 3 is 2.52 bits per heavy atom. The number of halogens is 3. The lowest BCUT2D eigenvalue weighted by atomic mass is 9.76. The number of hydrogen-bond acceptors (Lipinski definition) is 2. The molecule has 6 heteroatoms. The predicted octanol–water partition coefficient (Wildman–Crippen LogP) is 3.72. The molecule has 0 N–H and O–H groups in total. The van der Waals surface area contributed by atoms with Crippen LogP contribution in [0.5, 0.6) is 0 Å². The van der Waals surface area contributed by atoms with Crippen molar-refractivity contribution in [2.75, 3.05) is 11.9 Å². The van der Waals surface area contributed by atoms with Crippen LogP contribution in [0.3, 0.4) is 0 Å². The minimum absolute atomic E-state index is 0.250. The van der Waals surface area contributed by atoms with E-state index < -0.39 is 22.9 Å². The highest BCUT2D eigenvalue weighted by Crippen LogP contribution is 2.51. The molecule has 2 aliphatic rings. The van der Waals surface area contributed by atoms with Crippen molar-refractivity contribution in [3.8, 4) is 0 Å². The molecule has 3 nitrogen and oxygen atoms in total. The van der Waals surface area contributed by atoms with Crippen molar-refractivity contribution in [3.05, 3.63) is 70.8 Å². The number of alkyl halides is 3.